The number of ketones is 1. The molecule has 0 spiro atoms. The van der Waals surface area contributed by atoms with E-state index in [0.717, 1.165) is 15.8 Å². The van der Waals surface area contributed by atoms with Gasteiger partial charge in [-0.05, 0) is 36.6 Å². The number of rotatable bonds is 3. The zero-order valence-electron chi connectivity index (χ0n) is 10.8. The predicted molar refractivity (Wildman–Crippen MR) is 78.0 cm³/mol. The molecule has 0 radical (unpaired) electrons. The second-order valence-corrected chi connectivity index (χ2v) is 5.57. The minimum Gasteiger partial charge on any atom is -0.453 e. The van der Waals surface area contributed by atoms with Crippen molar-refractivity contribution >= 4 is 28.1 Å². The van der Waals surface area contributed by atoms with Crippen LogP contribution in [0.1, 0.15) is 26.9 Å². The molecule has 4 heteroatoms. The van der Waals surface area contributed by atoms with Crippen LogP contribution in [0.4, 0.5) is 0 Å². The Morgan fingerprint density at radius 2 is 2.20 bits per heavy atom. The predicted octanol–water partition coefficient (Wildman–Crippen LogP) is 4.29. The molecule has 2 heterocycles. The van der Waals surface area contributed by atoms with Crippen molar-refractivity contribution in [2.45, 2.75) is 12.8 Å². The van der Waals surface area contributed by atoms with Gasteiger partial charge < -0.3 is 4.42 Å². The molecule has 1 unspecified atom stereocenters. The Kier molecular flexibility index (Phi) is 3.13. The van der Waals surface area contributed by atoms with E-state index in [1.807, 2.05) is 36.6 Å². The van der Waals surface area contributed by atoms with Crippen LogP contribution >= 0.6 is 11.3 Å². The molecule has 0 N–H and O–H groups in total. The van der Waals surface area contributed by atoms with E-state index in [1.165, 1.54) is 11.3 Å². The van der Waals surface area contributed by atoms with Crippen molar-refractivity contribution in [3.8, 4) is 6.07 Å². The third-order valence-corrected chi connectivity index (χ3v) is 4.07. The highest BCUT2D eigenvalue weighted by atomic mass is 32.1. The van der Waals surface area contributed by atoms with Gasteiger partial charge in [-0.1, -0.05) is 17.7 Å². The lowest BCUT2D eigenvalue weighted by atomic mass is 10.0. The number of furan rings is 1. The molecule has 0 bridgehead atoms. The van der Waals surface area contributed by atoms with Gasteiger partial charge in [0.15, 0.2) is 5.76 Å². The van der Waals surface area contributed by atoms with Crippen molar-refractivity contribution in [3.05, 3.63) is 58.0 Å². The first-order valence-electron chi connectivity index (χ1n) is 6.16. The van der Waals surface area contributed by atoms with Crippen molar-refractivity contribution in [1.29, 1.82) is 5.26 Å². The van der Waals surface area contributed by atoms with Crippen molar-refractivity contribution in [1.82, 2.24) is 0 Å². The number of thiophene rings is 1. The smallest absolute Gasteiger partial charge is 0.220 e. The number of fused-ring (bicyclic) bond motifs is 1. The van der Waals surface area contributed by atoms with Gasteiger partial charge >= 0.3 is 0 Å². The van der Waals surface area contributed by atoms with Gasteiger partial charge in [-0.3, -0.25) is 4.79 Å². The lowest BCUT2D eigenvalue weighted by Gasteiger charge is -2.02. The minimum atomic E-state index is -0.795. The first kappa shape index (κ1) is 12.6. The molecule has 3 nitrogen and oxygen atoms in total. The fraction of sp³-hybridized carbons (Fsp3) is 0.125. The molecular formula is C16H11NO2S. The number of benzene rings is 1. The van der Waals surface area contributed by atoms with Gasteiger partial charge in [0.25, 0.3) is 0 Å². The third-order valence-electron chi connectivity index (χ3n) is 3.13. The van der Waals surface area contributed by atoms with Crippen molar-refractivity contribution in [2.24, 2.45) is 0 Å². The summed E-state index contributed by atoms with van der Waals surface area (Å²) in [5.41, 5.74) is 1.77. The van der Waals surface area contributed by atoms with Crippen LogP contribution in [-0.2, 0) is 0 Å². The van der Waals surface area contributed by atoms with Crippen LogP contribution in [0.15, 0.2) is 46.2 Å². The SMILES string of the molecule is Cc1ccc2oc(C(=O)C(C#N)c3cccs3)cc2c1. The van der Waals surface area contributed by atoms with E-state index in [9.17, 15) is 10.1 Å². The second kappa shape index (κ2) is 4.95. The highest BCUT2D eigenvalue weighted by Gasteiger charge is 2.25. The van der Waals surface area contributed by atoms with Crippen LogP contribution in [0, 0.1) is 18.3 Å². The Labute approximate surface area is 120 Å². The van der Waals surface area contributed by atoms with Crippen LogP contribution in [-0.4, -0.2) is 5.78 Å². The Morgan fingerprint density at radius 1 is 1.35 bits per heavy atom. The van der Waals surface area contributed by atoms with Crippen LogP contribution in [0.2, 0.25) is 0 Å². The molecule has 0 amide bonds. The molecule has 3 aromatic rings. The molecule has 98 valence electrons. The Morgan fingerprint density at radius 3 is 2.90 bits per heavy atom. The number of nitriles is 1. The Hall–Kier alpha value is -2.38. The van der Waals surface area contributed by atoms with Gasteiger partial charge in [0.2, 0.25) is 5.78 Å². The maximum Gasteiger partial charge on any atom is 0.220 e. The number of carbonyl (C=O) groups excluding carboxylic acids is 1. The van der Waals surface area contributed by atoms with Gasteiger partial charge in [-0.2, -0.15) is 5.26 Å². The van der Waals surface area contributed by atoms with Gasteiger partial charge in [0.1, 0.15) is 11.5 Å². The topological polar surface area (TPSA) is 54.0 Å². The summed E-state index contributed by atoms with van der Waals surface area (Å²) >= 11 is 1.40. The molecule has 1 aromatic carbocycles. The number of hydrogen-bond acceptors (Lipinski definition) is 4. The second-order valence-electron chi connectivity index (χ2n) is 4.59. The first-order valence-corrected chi connectivity index (χ1v) is 7.04. The normalized spacial score (nSPS) is 12.2. The molecule has 2 aromatic heterocycles. The molecule has 0 aliphatic heterocycles. The Balaban J connectivity index is 2.02. The quantitative estimate of drug-likeness (QED) is 0.673. The number of Topliss-reactive ketones (excluding diaryl/α,β-unsaturated/α-hetero) is 1. The Bertz CT molecular complexity index is 809. The maximum absolute atomic E-state index is 12.4. The molecule has 0 fully saturated rings. The minimum absolute atomic E-state index is 0.241. The van der Waals surface area contributed by atoms with Gasteiger partial charge in [-0.25, -0.2) is 0 Å². The summed E-state index contributed by atoms with van der Waals surface area (Å²) in [6.07, 6.45) is 0. The van der Waals surface area contributed by atoms with Crippen molar-refractivity contribution in [2.75, 3.05) is 0 Å². The molecule has 0 aliphatic rings. The number of carbonyl (C=O) groups is 1. The molecule has 1 atom stereocenters. The summed E-state index contributed by atoms with van der Waals surface area (Å²) < 4.78 is 5.57. The fourth-order valence-corrected chi connectivity index (χ4v) is 2.90. The van der Waals surface area contributed by atoms with Crippen LogP contribution in [0.5, 0.6) is 0 Å². The maximum atomic E-state index is 12.4. The summed E-state index contributed by atoms with van der Waals surface area (Å²) in [6.45, 7) is 1.98. The summed E-state index contributed by atoms with van der Waals surface area (Å²) in [5.74, 6) is -0.842. The van der Waals surface area contributed by atoms with Gasteiger partial charge in [-0.15, -0.1) is 11.3 Å². The largest absolute Gasteiger partial charge is 0.453 e. The van der Waals surface area contributed by atoms with E-state index in [0.29, 0.717) is 5.58 Å². The lowest BCUT2D eigenvalue weighted by molar-refractivity contribution is 0.0955. The molecule has 0 aliphatic carbocycles. The fourth-order valence-electron chi connectivity index (χ4n) is 2.13. The standard InChI is InChI=1S/C16H11NO2S/c1-10-4-5-13-11(7-10)8-14(19-13)16(18)12(9-17)15-3-2-6-20-15/h2-8,12H,1H3. The van der Waals surface area contributed by atoms with E-state index < -0.39 is 5.92 Å². The van der Waals surface area contributed by atoms with E-state index in [2.05, 4.69) is 6.07 Å². The number of hydrogen-bond donors (Lipinski definition) is 0. The molecule has 0 saturated heterocycles. The molecule has 3 rings (SSSR count). The molecule has 0 saturated carbocycles. The summed E-state index contributed by atoms with van der Waals surface area (Å²) in [4.78, 5) is 13.2. The first-order chi connectivity index (χ1) is 9.69. The summed E-state index contributed by atoms with van der Waals surface area (Å²) in [5, 5.41) is 12.0. The van der Waals surface area contributed by atoms with Crippen molar-refractivity contribution in [3.63, 3.8) is 0 Å². The van der Waals surface area contributed by atoms with Gasteiger partial charge in [0, 0.05) is 10.3 Å². The highest BCUT2D eigenvalue weighted by Crippen LogP contribution is 2.28. The van der Waals surface area contributed by atoms with Gasteiger partial charge in [0.05, 0.1) is 6.07 Å². The lowest BCUT2D eigenvalue weighted by Crippen LogP contribution is -2.08. The number of aryl methyl sites for hydroxylation is 1. The molecular weight excluding hydrogens is 270 g/mol. The van der Waals surface area contributed by atoms with Crippen LogP contribution < -0.4 is 0 Å². The van der Waals surface area contributed by atoms with E-state index >= 15 is 0 Å². The van der Waals surface area contributed by atoms with Crippen LogP contribution in [0.25, 0.3) is 11.0 Å². The summed E-state index contributed by atoms with van der Waals surface area (Å²) in [6, 6.07) is 13.1. The van der Waals surface area contributed by atoms with E-state index in [4.69, 9.17) is 4.42 Å². The van der Waals surface area contributed by atoms with Crippen LogP contribution in [0.3, 0.4) is 0 Å². The monoisotopic (exact) mass is 281 g/mol. The zero-order valence-corrected chi connectivity index (χ0v) is 11.6. The van der Waals surface area contributed by atoms with Crippen molar-refractivity contribution < 1.29 is 9.21 Å². The third kappa shape index (κ3) is 2.13. The zero-order chi connectivity index (χ0) is 14.1. The van der Waals surface area contributed by atoms with E-state index in [-0.39, 0.29) is 11.5 Å². The average molecular weight is 281 g/mol. The average Bonchev–Trinajstić information content (AvgIpc) is 3.07. The van der Waals surface area contributed by atoms with E-state index in [1.54, 1.807) is 12.1 Å². The molecule has 20 heavy (non-hydrogen) atoms. The highest BCUT2D eigenvalue weighted by molar-refractivity contribution is 7.10. The summed E-state index contributed by atoms with van der Waals surface area (Å²) in [7, 11) is 0. The number of nitrogens with zero attached hydrogens (tertiary/aromatic N) is 1.